The van der Waals surface area contributed by atoms with Gasteiger partial charge in [0.05, 0.1) is 0 Å². The van der Waals surface area contributed by atoms with Crippen LogP contribution in [-0.4, -0.2) is 116 Å². The zero-order valence-electron chi connectivity index (χ0n) is 26.0. The molecule has 2 rings (SSSR count). The van der Waals surface area contributed by atoms with E-state index in [0.717, 1.165) is 48.5 Å². The van der Waals surface area contributed by atoms with Crippen LogP contribution >= 0.6 is 0 Å². The monoisotopic (exact) mass is 661 g/mol. The Hall–Kier alpha value is -4.52. The van der Waals surface area contributed by atoms with Gasteiger partial charge in [-0.05, 0) is 5.53 Å². The summed E-state index contributed by atoms with van der Waals surface area (Å²) >= 11 is 0. The number of ether oxygens (including phenoxy) is 10. The van der Waals surface area contributed by atoms with E-state index in [1.165, 1.54) is 0 Å². The van der Waals surface area contributed by atoms with Gasteiger partial charge in [-0.15, -0.1) is 0 Å². The zero-order valence-corrected chi connectivity index (χ0v) is 26.0. The van der Waals surface area contributed by atoms with Gasteiger partial charge in [0.15, 0.2) is 43.0 Å². The Morgan fingerprint density at radius 2 is 0.935 bits per heavy atom. The molecule has 0 aromatic rings. The molecule has 2 aliphatic rings. The van der Waals surface area contributed by atoms with E-state index in [1.807, 2.05) is 0 Å². The fourth-order valence-corrected chi connectivity index (χ4v) is 4.63. The molecule has 0 aliphatic carbocycles. The van der Waals surface area contributed by atoms with Gasteiger partial charge in [0.2, 0.25) is 0 Å². The molecular weight excluding hydrogens is 626 g/mol. The first-order valence-corrected chi connectivity index (χ1v) is 13.7. The number of azide groups is 1. The van der Waals surface area contributed by atoms with E-state index in [1.54, 1.807) is 0 Å². The number of hydrogen-bond donors (Lipinski definition) is 0. The summed E-state index contributed by atoms with van der Waals surface area (Å²) in [5, 5.41) is 3.46. The Morgan fingerprint density at radius 3 is 1.37 bits per heavy atom. The second kappa shape index (κ2) is 17.2. The average molecular weight is 662 g/mol. The van der Waals surface area contributed by atoms with Crippen LogP contribution in [-0.2, 0) is 80.9 Å². The molecule has 2 saturated heterocycles. The van der Waals surface area contributed by atoms with Crippen LogP contribution < -0.4 is 0 Å². The molecule has 0 aromatic heterocycles. The molecule has 0 bridgehead atoms. The minimum Gasteiger partial charge on any atom is -0.463 e. The van der Waals surface area contributed by atoms with E-state index in [9.17, 15) is 33.6 Å². The minimum absolute atomic E-state index is 0.585. The van der Waals surface area contributed by atoms with Gasteiger partial charge in [-0.3, -0.25) is 33.6 Å². The van der Waals surface area contributed by atoms with E-state index in [-0.39, 0.29) is 0 Å². The number of carbonyl (C=O) groups excluding carboxylic acids is 7. The van der Waals surface area contributed by atoms with Crippen LogP contribution in [0, 0.1) is 0 Å². The molecule has 0 saturated carbocycles. The Labute approximate surface area is 261 Å². The first-order valence-electron chi connectivity index (χ1n) is 13.7. The maximum atomic E-state index is 12.2. The third kappa shape index (κ3) is 11.1. The van der Waals surface area contributed by atoms with Crippen molar-refractivity contribution in [1.29, 1.82) is 0 Å². The van der Waals surface area contributed by atoms with Crippen molar-refractivity contribution < 1.29 is 80.9 Å². The van der Waals surface area contributed by atoms with E-state index in [0.29, 0.717) is 0 Å². The summed E-state index contributed by atoms with van der Waals surface area (Å²) in [5.74, 6) is -6.10. The molecule has 0 amide bonds. The van der Waals surface area contributed by atoms with Crippen molar-refractivity contribution in [2.45, 2.75) is 110 Å². The van der Waals surface area contributed by atoms with Gasteiger partial charge in [0.1, 0.15) is 31.5 Å². The highest BCUT2D eigenvalue weighted by Gasteiger charge is 2.57. The molecule has 0 spiro atoms. The fraction of sp³-hybridized carbons (Fsp3) is 0.731. The van der Waals surface area contributed by atoms with Crippen molar-refractivity contribution in [3.05, 3.63) is 10.4 Å². The zero-order chi connectivity index (χ0) is 34.7. The Balaban J connectivity index is 2.73. The molecule has 0 unspecified atom stereocenters. The van der Waals surface area contributed by atoms with Crippen molar-refractivity contribution in [2.75, 3.05) is 13.2 Å². The predicted molar refractivity (Wildman–Crippen MR) is 142 cm³/mol. The molecule has 0 aromatic carbocycles. The van der Waals surface area contributed by atoms with Crippen LogP contribution in [0.2, 0.25) is 0 Å². The summed E-state index contributed by atoms with van der Waals surface area (Å²) in [4.78, 5) is 86.7. The lowest BCUT2D eigenvalue weighted by molar-refractivity contribution is -0.344. The molecule has 2 heterocycles. The molecule has 2 fully saturated rings. The Bertz CT molecular complexity index is 1220. The smallest absolute Gasteiger partial charge is 0.303 e. The van der Waals surface area contributed by atoms with E-state index in [2.05, 4.69) is 10.0 Å². The fourth-order valence-electron chi connectivity index (χ4n) is 4.63. The number of rotatable bonds is 12. The molecule has 0 radical (unpaired) electrons. The summed E-state index contributed by atoms with van der Waals surface area (Å²) in [6, 6.07) is 0. The van der Waals surface area contributed by atoms with Crippen LogP contribution in [0.5, 0.6) is 0 Å². The summed E-state index contributed by atoms with van der Waals surface area (Å²) in [6.45, 7) is 6.05. The highest BCUT2D eigenvalue weighted by atomic mass is 16.8. The molecule has 0 N–H and O–H groups in total. The average Bonchev–Trinajstić information content (AvgIpc) is 2.91. The lowest BCUT2D eigenvalue weighted by atomic mass is 9.95. The van der Waals surface area contributed by atoms with Gasteiger partial charge in [0.25, 0.3) is 0 Å². The highest BCUT2D eigenvalue weighted by molar-refractivity contribution is 5.69. The van der Waals surface area contributed by atoms with Gasteiger partial charge in [-0.25, -0.2) is 0 Å². The Kier molecular flexibility index (Phi) is 14.1. The van der Waals surface area contributed by atoms with Gasteiger partial charge in [0, 0.05) is 53.4 Å². The lowest BCUT2D eigenvalue weighted by Crippen LogP contribution is -2.67. The number of carbonyl (C=O) groups is 7. The standard InChI is InChI=1S/C26H35N3O17/c1-10(30)37-8-17-20(21(40-13(4)33)23(42-15(6)35)25(44-17)28-29-27)46-26-24(43-16(7)36)22(41-14(5)34)19(39-12(3)32)18(45-26)9-38-11(2)31/h17-26H,8-9H2,1-7H3/t17-,18-,19+,20-,21+,22+,23-,24-,25-,26-/m1/s1. The van der Waals surface area contributed by atoms with Gasteiger partial charge in [-0.2, -0.15) is 0 Å². The van der Waals surface area contributed by atoms with Crippen molar-refractivity contribution in [3.8, 4) is 0 Å². The highest BCUT2D eigenvalue weighted by Crippen LogP contribution is 2.35. The molecular formula is C26H35N3O17. The molecule has 10 atom stereocenters. The summed E-state index contributed by atoms with van der Waals surface area (Å²) in [5.41, 5.74) is 9.13. The quantitative estimate of drug-likeness (QED) is 0.0870. The van der Waals surface area contributed by atoms with Crippen molar-refractivity contribution in [3.63, 3.8) is 0 Å². The van der Waals surface area contributed by atoms with Crippen LogP contribution in [0.4, 0.5) is 0 Å². The third-order valence-corrected chi connectivity index (χ3v) is 6.07. The summed E-state index contributed by atoms with van der Waals surface area (Å²) < 4.78 is 54.8. The lowest BCUT2D eigenvalue weighted by Gasteiger charge is -2.48. The van der Waals surface area contributed by atoms with Gasteiger partial charge < -0.3 is 47.4 Å². The van der Waals surface area contributed by atoms with Crippen LogP contribution in [0.25, 0.3) is 10.4 Å². The molecule has 2 aliphatic heterocycles. The molecule has 46 heavy (non-hydrogen) atoms. The molecule has 20 heteroatoms. The first-order chi connectivity index (χ1) is 21.5. The summed E-state index contributed by atoms with van der Waals surface area (Å²) in [6.07, 6.45) is -16.1. The van der Waals surface area contributed by atoms with Crippen molar-refractivity contribution in [1.82, 2.24) is 0 Å². The molecule has 20 nitrogen and oxygen atoms in total. The SMILES string of the molecule is CC(=O)OC[C@H]1O[C@H](O[C@H]2[C@H](OC(C)=O)[C@@H](OC(C)=O)[C@H](N=[N+]=[N-])O[C@@H]2COC(C)=O)[C@H](OC(C)=O)[C@@H](OC(C)=O)[C@H]1OC(C)=O. The first kappa shape index (κ1) is 37.7. The number of hydrogen-bond acceptors (Lipinski definition) is 18. The third-order valence-electron chi connectivity index (χ3n) is 6.07. The Morgan fingerprint density at radius 1 is 0.543 bits per heavy atom. The largest absolute Gasteiger partial charge is 0.463 e. The predicted octanol–water partition coefficient (Wildman–Crippen LogP) is -0.0836. The topological polar surface area (TPSA) is 261 Å². The van der Waals surface area contributed by atoms with Crippen molar-refractivity contribution >= 4 is 41.8 Å². The van der Waals surface area contributed by atoms with E-state index in [4.69, 9.17) is 52.9 Å². The van der Waals surface area contributed by atoms with E-state index >= 15 is 0 Å². The minimum atomic E-state index is -1.82. The molecule has 256 valence electrons. The van der Waals surface area contributed by atoms with Gasteiger partial charge in [-0.1, -0.05) is 5.11 Å². The van der Waals surface area contributed by atoms with Crippen LogP contribution in [0.15, 0.2) is 5.11 Å². The number of nitrogens with zero attached hydrogens (tertiary/aromatic N) is 3. The number of esters is 7. The normalized spacial score (nSPS) is 30.3. The van der Waals surface area contributed by atoms with Gasteiger partial charge >= 0.3 is 41.8 Å². The summed E-state index contributed by atoms with van der Waals surface area (Å²) in [7, 11) is 0. The van der Waals surface area contributed by atoms with Crippen LogP contribution in [0.1, 0.15) is 48.5 Å². The van der Waals surface area contributed by atoms with Crippen molar-refractivity contribution in [2.24, 2.45) is 5.11 Å². The second-order valence-electron chi connectivity index (χ2n) is 9.89. The maximum absolute atomic E-state index is 12.2. The maximum Gasteiger partial charge on any atom is 0.303 e. The van der Waals surface area contributed by atoms with Crippen LogP contribution in [0.3, 0.4) is 0 Å². The van der Waals surface area contributed by atoms with E-state index < -0.39 is 116 Å². The second-order valence-corrected chi connectivity index (χ2v) is 9.89.